The van der Waals surface area contributed by atoms with Gasteiger partial charge in [0.25, 0.3) is 5.91 Å². The van der Waals surface area contributed by atoms with Crippen LogP contribution in [0.1, 0.15) is 10.4 Å². The van der Waals surface area contributed by atoms with Crippen molar-refractivity contribution in [3.05, 3.63) is 47.2 Å². The second-order valence-corrected chi connectivity index (χ2v) is 5.27. The van der Waals surface area contributed by atoms with Gasteiger partial charge >= 0.3 is 0 Å². The maximum absolute atomic E-state index is 11.9. The van der Waals surface area contributed by atoms with Crippen LogP contribution < -0.4 is 25.6 Å². The molecule has 1 aromatic heterocycles. The number of aromatic nitrogens is 1. The molecular formula is C15H15ClN4O3S. The number of ether oxygens (including phenoxy) is 2. The Labute approximate surface area is 149 Å². The van der Waals surface area contributed by atoms with Gasteiger partial charge in [-0.15, -0.1) is 0 Å². The molecule has 0 unspecified atom stereocenters. The fraction of sp³-hybridized carbons (Fsp3) is 0.133. The number of nitrogens with one attached hydrogen (secondary N) is 3. The van der Waals surface area contributed by atoms with Crippen molar-refractivity contribution < 1.29 is 14.3 Å². The summed E-state index contributed by atoms with van der Waals surface area (Å²) in [4.78, 5) is 15.8. The first kappa shape index (κ1) is 17.8. The summed E-state index contributed by atoms with van der Waals surface area (Å²) in [6.07, 6.45) is 3.05. The van der Waals surface area contributed by atoms with Crippen molar-refractivity contribution in [2.45, 2.75) is 0 Å². The van der Waals surface area contributed by atoms with E-state index in [1.54, 1.807) is 24.3 Å². The van der Waals surface area contributed by atoms with E-state index in [1.807, 2.05) is 0 Å². The van der Waals surface area contributed by atoms with E-state index in [0.29, 0.717) is 27.8 Å². The van der Waals surface area contributed by atoms with Gasteiger partial charge in [0.05, 0.1) is 24.9 Å². The zero-order chi connectivity index (χ0) is 17.5. The van der Waals surface area contributed by atoms with Gasteiger partial charge in [-0.2, -0.15) is 0 Å². The van der Waals surface area contributed by atoms with Gasteiger partial charge in [0, 0.05) is 30.1 Å². The molecule has 0 aliphatic heterocycles. The number of thiocarbonyl (C=S) groups is 1. The summed E-state index contributed by atoms with van der Waals surface area (Å²) < 4.78 is 10.4. The lowest BCUT2D eigenvalue weighted by atomic mass is 10.2. The number of halogens is 1. The Hall–Kier alpha value is -2.58. The highest BCUT2D eigenvalue weighted by molar-refractivity contribution is 7.80. The number of hydrazine groups is 1. The molecule has 1 aromatic carbocycles. The van der Waals surface area contributed by atoms with Crippen molar-refractivity contribution in [1.29, 1.82) is 0 Å². The second-order valence-electron chi connectivity index (χ2n) is 4.46. The average Bonchev–Trinajstić information content (AvgIpc) is 2.61. The Morgan fingerprint density at radius 2 is 1.79 bits per heavy atom. The molecule has 2 aromatic rings. The molecular weight excluding hydrogens is 352 g/mol. The minimum Gasteiger partial charge on any atom is -0.495 e. The fourth-order valence-corrected chi connectivity index (χ4v) is 2.19. The van der Waals surface area contributed by atoms with Crippen molar-refractivity contribution >= 4 is 40.5 Å². The van der Waals surface area contributed by atoms with Crippen molar-refractivity contribution in [2.75, 3.05) is 19.5 Å². The SMILES string of the molecule is COc1cc(NC(=S)NNC(=O)c2ccncc2)c(OC)cc1Cl. The molecule has 24 heavy (non-hydrogen) atoms. The third kappa shape index (κ3) is 4.46. The predicted molar refractivity (Wildman–Crippen MR) is 95.6 cm³/mol. The molecule has 0 aliphatic rings. The number of benzene rings is 1. The summed E-state index contributed by atoms with van der Waals surface area (Å²) in [7, 11) is 3.01. The average molecular weight is 367 g/mol. The van der Waals surface area contributed by atoms with Crippen molar-refractivity contribution in [1.82, 2.24) is 15.8 Å². The fourth-order valence-electron chi connectivity index (χ4n) is 1.80. The number of carbonyl (C=O) groups is 1. The molecule has 126 valence electrons. The molecule has 0 atom stereocenters. The molecule has 1 amide bonds. The van der Waals surface area contributed by atoms with Crippen LogP contribution in [-0.2, 0) is 0 Å². The van der Waals surface area contributed by atoms with Gasteiger partial charge in [-0.05, 0) is 24.4 Å². The molecule has 0 aliphatic carbocycles. The van der Waals surface area contributed by atoms with E-state index in [0.717, 1.165) is 0 Å². The van der Waals surface area contributed by atoms with E-state index in [-0.39, 0.29) is 11.0 Å². The third-order valence-corrected chi connectivity index (χ3v) is 3.45. The maximum Gasteiger partial charge on any atom is 0.269 e. The molecule has 1 heterocycles. The van der Waals surface area contributed by atoms with Gasteiger partial charge in [0.15, 0.2) is 5.11 Å². The number of nitrogens with zero attached hydrogens (tertiary/aromatic N) is 1. The predicted octanol–water partition coefficient (Wildman–Crippen LogP) is 2.38. The maximum atomic E-state index is 11.9. The highest BCUT2D eigenvalue weighted by Gasteiger charge is 2.12. The van der Waals surface area contributed by atoms with E-state index in [9.17, 15) is 4.79 Å². The Balaban J connectivity index is 2.01. The standard InChI is InChI=1S/C15H15ClN4O3S/c1-22-12-8-11(13(23-2)7-10(12)16)18-15(24)20-19-14(21)9-3-5-17-6-4-9/h3-8H,1-2H3,(H,19,21)(H2,18,20,24). The lowest BCUT2D eigenvalue weighted by Gasteiger charge is -2.15. The molecule has 9 heteroatoms. The van der Waals surface area contributed by atoms with Crippen LogP contribution >= 0.6 is 23.8 Å². The molecule has 7 nitrogen and oxygen atoms in total. The highest BCUT2D eigenvalue weighted by Crippen LogP contribution is 2.35. The normalized spacial score (nSPS) is 9.79. The van der Waals surface area contributed by atoms with Crippen LogP contribution in [-0.4, -0.2) is 30.2 Å². The Morgan fingerprint density at radius 3 is 2.42 bits per heavy atom. The van der Waals surface area contributed by atoms with Gasteiger partial charge in [-0.3, -0.25) is 20.6 Å². The Morgan fingerprint density at radius 1 is 1.12 bits per heavy atom. The number of hydrogen-bond acceptors (Lipinski definition) is 5. The largest absolute Gasteiger partial charge is 0.495 e. The summed E-state index contributed by atoms with van der Waals surface area (Å²) in [6.45, 7) is 0. The summed E-state index contributed by atoms with van der Waals surface area (Å²) in [5, 5.41) is 3.47. The minimum atomic E-state index is -0.345. The molecule has 0 spiro atoms. The molecule has 0 radical (unpaired) electrons. The number of rotatable bonds is 4. The van der Waals surface area contributed by atoms with E-state index >= 15 is 0 Å². The van der Waals surface area contributed by atoms with Crippen LogP contribution in [0.15, 0.2) is 36.7 Å². The number of carbonyl (C=O) groups excluding carboxylic acids is 1. The molecule has 0 saturated carbocycles. The van der Waals surface area contributed by atoms with Crippen LogP contribution in [0.2, 0.25) is 5.02 Å². The number of methoxy groups -OCH3 is 2. The van der Waals surface area contributed by atoms with Crippen LogP contribution in [0, 0.1) is 0 Å². The summed E-state index contributed by atoms with van der Waals surface area (Å²) in [5.41, 5.74) is 6.07. The van der Waals surface area contributed by atoms with Gasteiger partial charge in [-0.25, -0.2) is 0 Å². The lowest BCUT2D eigenvalue weighted by Crippen LogP contribution is -2.43. The highest BCUT2D eigenvalue weighted by atomic mass is 35.5. The van der Waals surface area contributed by atoms with Crippen molar-refractivity contribution in [2.24, 2.45) is 0 Å². The van der Waals surface area contributed by atoms with Crippen LogP contribution in [0.4, 0.5) is 5.69 Å². The first-order valence-corrected chi connectivity index (χ1v) is 7.52. The van der Waals surface area contributed by atoms with Crippen LogP contribution in [0.3, 0.4) is 0 Å². The summed E-state index contributed by atoms with van der Waals surface area (Å²) in [6, 6.07) is 6.40. The first-order chi connectivity index (χ1) is 11.5. The molecule has 0 saturated heterocycles. The quantitative estimate of drug-likeness (QED) is 0.566. The van der Waals surface area contributed by atoms with Gasteiger partial charge in [0.2, 0.25) is 0 Å². The number of amides is 1. The van der Waals surface area contributed by atoms with Gasteiger partial charge < -0.3 is 14.8 Å². The van der Waals surface area contributed by atoms with Crippen molar-refractivity contribution in [3.8, 4) is 11.5 Å². The number of anilines is 1. The molecule has 2 rings (SSSR count). The van der Waals surface area contributed by atoms with E-state index in [2.05, 4.69) is 21.2 Å². The summed E-state index contributed by atoms with van der Waals surface area (Å²) in [5.74, 6) is 0.594. The van der Waals surface area contributed by atoms with E-state index in [4.69, 9.17) is 33.3 Å². The van der Waals surface area contributed by atoms with Crippen molar-refractivity contribution in [3.63, 3.8) is 0 Å². The summed E-state index contributed by atoms with van der Waals surface area (Å²) >= 11 is 11.2. The second kappa shape index (κ2) is 8.32. The minimum absolute atomic E-state index is 0.167. The van der Waals surface area contributed by atoms with Gasteiger partial charge in [-0.1, -0.05) is 11.6 Å². The topological polar surface area (TPSA) is 84.5 Å². The number of pyridine rings is 1. The zero-order valence-corrected chi connectivity index (χ0v) is 14.5. The van der Waals surface area contributed by atoms with E-state index in [1.165, 1.54) is 26.6 Å². The van der Waals surface area contributed by atoms with Crippen LogP contribution in [0.25, 0.3) is 0 Å². The Kier molecular flexibility index (Phi) is 6.16. The van der Waals surface area contributed by atoms with Crippen LogP contribution in [0.5, 0.6) is 11.5 Å². The Bertz CT molecular complexity index is 743. The van der Waals surface area contributed by atoms with E-state index < -0.39 is 0 Å². The molecule has 0 bridgehead atoms. The molecule has 3 N–H and O–H groups in total. The van der Waals surface area contributed by atoms with Gasteiger partial charge in [0.1, 0.15) is 11.5 Å². The molecule has 0 fully saturated rings. The first-order valence-electron chi connectivity index (χ1n) is 6.74. The monoisotopic (exact) mass is 366 g/mol. The smallest absolute Gasteiger partial charge is 0.269 e. The lowest BCUT2D eigenvalue weighted by molar-refractivity contribution is 0.0944. The third-order valence-electron chi connectivity index (χ3n) is 2.95. The zero-order valence-electron chi connectivity index (χ0n) is 12.9. The number of hydrogen-bond donors (Lipinski definition) is 3.